The Bertz CT molecular complexity index is 1800. The molecule has 3 amide bonds. The molecule has 4 rings (SSSR count). The van der Waals surface area contributed by atoms with Gasteiger partial charge in [0.15, 0.2) is 6.61 Å². The van der Waals surface area contributed by atoms with Gasteiger partial charge in [0.2, 0.25) is 5.91 Å². The molecular formula is C32H30FN5O7S. The summed E-state index contributed by atoms with van der Waals surface area (Å²) in [5, 5.41) is 9.10. The molecule has 12 nitrogen and oxygen atoms in total. The number of methoxy groups -OCH3 is 1. The van der Waals surface area contributed by atoms with Gasteiger partial charge in [0.25, 0.3) is 21.8 Å². The van der Waals surface area contributed by atoms with Gasteiger partial charge in [-0.3, -0.25) is 18.7 Å². The molecule has 0 saturated heterocycles. The van der Waals surface area contributed by atoms with Gasteiger partial charge in [-0.1, -0.05) is 0 Å². The van der Waals surface area contributed by atoms with Crippen LogP contribution in [0.15, 0.2) is 107 Å². The van der Waals surface area contributed by atoms with Crippen molar-refractivity contribution in [3.63, 3.8) is 0 Å². The van der Waals surface area contributed by atoms with Crippen LogP contribution in [0, 0.1) is 5.82 Å². The number of halogens is 1. The lowest BCUT2D eigenvalue weighted by Crippen LogP contribution is -2.39. The van der Waals surface area contributed by atoms with Gasteiger partial charge in [-0.25, -0.2) is 18.2 Å². The largest absolute Gasteiger partial charge is 0.497 e. The maximum absolute atomic E-state index is 13.6. The number of carbonyl (C=O) groups is 3. The molecule has 14 heteroatoms. The molecule has 0 radical (unpaired) electrons. The highest BCUT2D eigenvalue weighted by Gasteiger charge is 2.27. The lowest BCUT2D eigenvalue weighted by atomic mass is 10.2. The summed E-state index contributed by atoms with van der Waals surface area (Å²) in [6.07, 6.45) is 1.36. The number of carbonyl (C=O) groups excluding carboxylic acids is 3. The fourth-order valence-corrected chi connectivity index (χ4v) is 5.40. The average Bonchev–Trinajstić information content (AvgIpc) is 3.04. The van der Waals surface area contributed by atoms with Crippen LogP contribution in [0.3, 0.4) is 0 Å². The molecule has 4 aromatic rings. The Morgan fingerprint density at radius 3 is 2.00 bits per heavy atom. The van der Waals surface area contributed by atoms with E-state index in [1.807, 2.05) is 0 Å². The van der Waals surface area contributed by atoms with Gasteiger partial charge in [0.1, 0.15) is 23.9 Å². The summed E-state index contributed by atoms with van der Waals surface area (Å²) >= 11 is 0. The quantitative estimate of drug-likeness (QED) is 0.145. The predicted molar refractivity (Wildman–Crippen MR) is 171 cm³/mol. The van der Waals surface area contributed by atoms with Gasteiger partial charge in [-0.15, -0.1) is 0 Å². The van der Waals surface area contributed by atoms with Crippen molar-refractivity contribution in [2.75, 3.05) is 35.2 Å². The van der Waals surface area contributed by atoms with E-state index in [4.69, 9.17) is 9.47 Å². The second-order valence-corrected chi connectivity index (χ2v) is 11.5. The van der Waals surface area contributed by atoms with Crippen molar-refractivity contribution >= 4 is 51.0 Å². The van der Waals surface area contributed by atoms with E-state index < -0.39 is 34.2 Å². The Morgan fingerprint density at radius 2 is 1.39 bits per heavy atom. The fraction of sp³-hybridized carbons (Fsp3) is 0.125. The van der Waals surface area contributed by atoms with Crippen molar-refractivity contribution in [1.82, 2.24) is 5.43 Å². The number of ether oxygens (including phenoxy) is 2. The number of benzene rings is 4. The smallest absolute Gasteiger partial charge is 0.264 e. The minimum atomic E-state index is -4.22. The highest BCUT2D eigenvalue weighted by atomic mass is 32.2. The number of hydrogen-bond acceptors (Lipinski definition) is 8. The summed E-state index contributed by atoms with van der Waals surface area (Å²) in [5.41, 5.74) is 3.99. The standard InChI is InChI=1S/C32H30FN5O7S/c1-22(39)35-25-9-17-30(18-10-25)46(42,43)38(27-11-15-28(44-2)16-12-27)20-31(40)37-34-19-23-3-13-29(14-4-23)45-21-32(41)36-26-7-5-24(33)6-8-26/h3-19H,20-21H2,1-2H3,(H,35,39)(H,36,41)(H,37,40)/b34-19-. The highest BCUT2D eigenvalue weighted by Crippen LogP contribution is 2.26. The van der Waals surface area contributed by atoms with Gasteiger partial charge in [-0.2, -0.15) is 5.10 Å². The van der Waals surface area contributed by atoms with Crippen LogP contribution in [0.25, 0.3) is 0 Å². The zero-order chi connectivity index (χ0) is 33.1. The Balaban J connectivity index is 1.37. The third-order valence-electron chi connectivity index (χ3n) is 6.19. The van der Waals surface area contributed by atoms with E-state index in [9.17, 15) is 27.2 Å². The summed E-state index contributed by atoms with van der Waals surface area (Å²) in [4.78, 5) is 36.2. The summed E-state index contributed by atoms with van der Waals surface area (Å²) < 4.78 is 51.8. The van der Waals surface area contributed by atoms with E-state index in [0.29, 0.717) is 28.4 Å². The normalized spacial score (nSPS) is 11.0. The Kier molecular flexibility index (Phi) is 11.0. The van der Waals surface area contributed by atoms with E-state index in [1.54, 1.807) is 36.4 Å². The Labute approximate surface area is 264 Å². The van der Waals surface area contributed by atoms with Crippen LogP contribution in [-0.4, -0.2) is 52.6 Å². The van der Waals surface area contributed by atoms with E-state index >= 15 is 0 Å². The Morgan fingerprint density at radius 1 is 0.804 bits per heavy atom. The first-order valence-electron chi connectivity index (χ1n) is 13.7. The van der Waals surface area contributed by atoms with Gasteiger partial charge >= 0.3 is 0 Å². The first-order valence-corrected chi connectivity index (χ1v) is 15.1. The molecule has 4 aromatic carbocycles. The van der Waals surface area contributed by atoms with Crippen LogP contribution in [0.4, 0.5) is 21.5 Å². The summed E-state index contributed by atoms with van der Waals surface area (Å²) in [7, 11) is -2.74. The maximum atomic E-state index is 13.6. The molecule has 0 spiro atoms. The molecule has 0 aliphatic rings. The number of hydrogen-bond donors (Lipinski definition) is 3. The number of nitrogens with one attached hydrogen (secondary N) is 3. The van der Waals surface area contributed by atoms with Crippen molar-refractivity contribution < 1.29 is 36.7 Å². The third kappa shape index (κ3) is 9.37. The molecular weight excluding hydrogens is 617 g/mol. The van der Waals surface area contributed by atoms with Crippen molar-refractivity contribution in [3.8, 4) is 11.5 Å². The molecule has 0 atom stereocenters. The lowest BCUT2D eigenvalue weighted by molar-refractivity contribution is -0.119. The average molecular weight is 648 g/mol. The van der Waals surface area contributed by atoms with Crippen LogP contribution in [-0.2, 0) is 24.4 Å². The van der Waals surface area contributed by atoms with Crippen LogP contribution in [0.5, 0.6) is 11.5 Å². The van der Waals surface area contributed by atoms with E-state index in [1.165, 1.54) is 80.9 Å². The van der Waals surface area contributed by atoms with Gasteiger partial charge < -0.3 is 20.1 Å². The summed E-state index contributed by atoms with van der Waals surface area (Å²) in [5.74, 6) is -0.948. The highest BCUT2D eigenvalue weighted by molar-refractivity contribution is 7.92. The molecule has 0 fully saturated rings. The topological polar surface area (TPSA) is 155 Å². The summed E-state index contributed by atoms with van der Waals surface area (Å²) in [6.45, 7) is 0.476. The first-order chi connectivity index (χ1) is 22.0. The first kappa shape index (κ1) is 33.1. The second kappa shape index (κ2) is 15.3. The zero-order valence-corrected chi connectivity index (χ0v) is 25.6. The molecule has 0 heterocycles. The molecule has 3 N–H and O–H groups in total. The Hall–Kier alpha value is -5.76. The second-order valence-electron chi connectivity index (χ2n) is 9.62. The van der Waals surface area contributed by atoms with Crippen molar-refractivity contribution in [3.05, 3.63) is 108 Å². The molecule has 46 heavy (non-hydrogen) atoms. The van der Waals surface area contributed by atoms with E-state index in [0.717, 1.165) is 4.31 Å². The third-order valence-corrected chi connectivity index (χ3v) is 7.98. The van der Waals surface area contributed by atoms with Crippen molar-refractivity contribution in [2.45, 2.75) is 11.8 Å². The number of sulfonamides is 1. The molecule has 0 bridgehead atoms. The maximum Gasteiger partial charge on any atom is 0.264 e. The van der Waals surface area contributed by atoms with Crippen molar-refractivity contribution in [1.29, 1.82) is 0 Å². The van der Waals surface area contributed by atoms with Crippen LogP contribution in [0.2, 0.25) is 0 Å². The molecule has 0 aliphatic carbocycles. The van der Waals surface area contributed by atoms with Crippen LogP contribution >= 0.6 is 0 Å². The number of hydrazone groups is 1. The molecule has 0 aromatic heterocycles. The lowest BCUT2D eigenvalue weighted by Gasteiger charge is -2.24. The number of anilines is 3. The molecule has 0 aliphatic heterocycles. The number of rotatable bonds is 13. The van der Waals surface area contributed by atoms with Crippen LogP contribution < -0.4 is 29.8 Å². The predicted octanol–water partition coefficient (Wildman–Crippen LogP) is 4.16. The van der Waals surface area contributed by atoms with Crippen molar-refractivity contribution in [2.24, 2.45) is 5.10 Å². The zero-order valence-electron chi connectivity index (χ0n) is 24.8. The van der Waals surface area contributed by atoms with E-state index in [2.05, 4.69) is 21.2 Å². The summed E-state index contributed by atoms with van der Waals surface area (Å²) in [6, 6.07) is 23.5. The molecule has 238 valence electrons. The molecule has 0 unspecified atom stereocenters. The minimum absolute atomic E-state index is 0.0935. The number of amides is 3. The monoisotopic (exact) mass is 647 g/mol. The SMILES string of the molecule is COc1ccc(N(CC(=O)N/N=C\c2ccc(OCC(=O)Nc3ccc(F)cc3)cc2)S(=O)(=O)c2ccc(NC(C)=O)cc2)cc1. The molecule has 0 saturated carbocycles. The van der Waals surface area contributed by atoms with Gasteiger partial charge in [0, 0.05) is 18.3 Å². The van der Waals surface area contributed by atoms with Gasteiger partial charge in [0.05, 0.1) is 23.9 Å². The minimum Gasteiger partial charge on any atom is -0.497 e. The van der Waals surface area contributed by atoms with E-state index in [-0.39, 0.29) is 23.1 Å². The fourth-order valence-electron chi connectivity index (χ4n) is 3.98. The number of nitrogens with zero attached hydrogens (tertiary/aromatic N) is 2. The van der Waals surface area contributed by atoms with Gasteiger partial charge in [-0.05, 0) is 103 Å². The van der Waals surface area contributed by atoms with Crippen LogP contribution in [0.1, 0.15) is 12.5 Å².